The van der Waals surface area contributed by atoms with E-state index in [4.69, 9.17) is 13.6 Å². The zero-order valence-electron chi connectivity index (χ0n) is 15.4. The molecule has 1 unspecified atom stereocenters. The Morgan fingerprint density at radius 3 is 2.88 bits per heavy atom. The molecule has 138 valence electrons. The van der Waals surface area contributed by atoms with Crippen molar-refractivity contribution in [3.63, 3.8) is 0 Å². The van der Waals surface area contributed by atoms with Gasteiger partial charge < -0.3 is 13.6 Å². The number of nitrogens with zero attached hydrogens (tertiary/aromatic N) is 4. The van der Waals surface area contributed by atoms with Gasteiger partial charge in [0.05, 0.1) is 19.4 Å². The van der Waals surface area contributed by atoms with Crippen molar-refractivity contribution in [2.24, 2.45) is 0 Å². The number of rotatable bonds is 8. The van der Waals surface area contributed by atoms with Crippen LogP contribution in [0.1, 0.15) is 31.7 Å². The molecule has 3 heterocycles. The molecule has 3 rings (SSSR count). The Kier molecular flexibility index (Phi) is 6.23. The minimum absolute atomic E-state index is 0.458. The zero-order valence-corrected chi connectivity index (χ0v) is 15.4. The standard InChI is InChI=1S/C18H28N4O3/c1-4-15-12-21(7-8-22(15)9-11-23-5-2)13-16-19-20-18(25-16)17-14(3)6-10-24-17/h6,10,15H,4-5,7-9,11-13H2,1-3H3. The van der Waals surface area contributed by atoms with Gasteiger partial charge in [-0.15, -0.1) is 10.2 Å². The lowest BCUT2D eigenvalue weighted by Gasteiger charge is -2.40. The van der Waals surface area contributed by atoms with Crippen molar-refractivity contribution in [2.45, 2.75) is 39.8 Å². The Balaban J connectivity index is 1.56. The maximum Gasteiger partial charge on any atom is 0.283 e. The van der Waals surface area contributed by atoms with E-state index < -0.39 is 0 Å². The normalized spacial score (nSPS) is 19.6. The first kappa shape index (κ1) is 18.1. The molecule has 0 saturated carbocycles. The molecule has 1 saturated heterocycles. The third-order valence-corrected chi connectivity index (χ3v) is 4.77. The van der Waals surface area contributed by atoms with Crippen LogP contribution in [-0.4, -0.2) is 65.4 Å². The summed E-state index contributed by atoms with van der Waals surface area (Å²) in [5, 5.41) is 8.31. The van der Waals surface area contributed by atoms with Crippen molar-refractivity contribution in [3.05, 3.63) is 23.8 Å². The number of piperazine rings is 1. The number of ether oxygens (including phenoxy) is 1. The fraction of sp³-hybridized carbons (Fsp3) is 0.667. The number of aryl methyl sites for hydroxylation is 1. The molecular formula is C18H28N4O3. The molecular weight excluding hydrogens is 320 g/mol. The molecule has 1 aliphatic rings. The second-order valence-corrected chi connectivity index (χ2v) is 6.46. The molecule has 0 aromatic carbocycles. The van der Waals surface area contributed by atoms with Crippen LogP contribution < -0.4 is 0 Å². The van der Waals surface area contributed by atoms with E-state index in [2.05, 4.69) is 26.9 Å². The van der Waals surface area contributed by atoms with Gasteiger partial charge in [-0.05, 0) is 26.3 Å². The van der Waals surface area contributed by atoms with E-state index in [0.717, 1.165) is 51.4 Å². The monoisotopic (exact) mass is 348 g/mol. The summed E-state index contributed by atoms with van der Waals surface area (Å²) < 4.78 is 16.7. The topological polar surface area (TPSA) is 67.8 Å². The quantitative estimate of drug-likeness (QED) is 0.679. The fourth-order valence-electron chi connectivity index (χ4n) is 3.30. The van der Waals surface area contributed by atoms with Crippen LogP contribution in [0.25, 0.3) is 11.7 Å². The van der Waals surface area contributed by atoms with E-state index in [9.17, 15) is 0 Å². The second-order valence-electron chi connectivity index (χ2n) is 6.46. The molecule has 25 heavy (non-hydrogen) atoms. The predicted octanol–water partition coefficient (Wildman–Crippen LogP) is 2.57. The van der Waals surface area contributed by atoms with Crippen LogP contribution in [-0.2, 0) is 11.3 Å². The van der Waals surface area contributed by atoms with Crippen LogP contribution in [0.4, 0.5) is 0 Å². The van der Waals surface area contributed by atoms with Gasteiger partial charge in [0.15, 0.2) is 5.76 Å². The molecule has 1 atom stereocenters. The number of hydrogen-bond donors (Lipinski definition) is 0. The minimum Gasteiger partial charge on any atom is -0.459 e. The lowest BCUT2D eigenvalue weighted by Crippen LogP contribution is -2.53. The second kappa shape index (κ2) is 8.60. The Hall–Kier alpha value is -1.70. The summed E-state index contributed by atoms with van der Waals surface area (Å²) >= 11 is 0. The largest absolute Gasteiger partial charge is 0.459 e. The van der Waals surface area contributed by atoms with Crippen molar-refractivity contribution < 1.29 is 13.6 Å². The number of hydrogen-bond acceptors (Lipinski definition) is 7. The number of aromatic nitrogens is 2. The summed E-state index contributed by atoms with van der Waals surface area (Å²) in [5.41, 5.74) is 1.00. The van der Waals surface area contributed by atoms with Crippen molar-refractivity contribution >= 4 is 0 Å². The van der Waals surface area contributed by atoms with E-state index in [-0.39, 0.29) is 0 Å². The minimum atomic E-state index is 0.458. The van der Waals surface area contributed by atoms with E-state index in [1.807, 2.05) is 19.9 Å². The summed E-state index contributed by atoms with van der Waals surface area (Å²) in [5.74, 6) is 1.76. The molecule has 2 aromatic rings. The highest BCUT2D eigenvalue weighted by atomic mass is 16.5. The van der Waals surface area contributed by atoms with Crippen molar-refractivity contribution in [1.82, 2.24) is 20.0 Å². The summed E-state index contributed by atoms with van der Waals surface area (Å²) in [6.07, 6.45) is 2.77. The summed E-state index contributed by atoms with van der Waals surface area (Å²) in [4.78, 5) is 4.91. The summed E-state index contributed by atoms with van der Waals surface area (Å²) in [7, 11) is 0. The molecule has 0 amide bonds. The van der Waals surface area contributed by atoms with E-state index in [0.29, 0.717) is 30.1 Å². The average Bonchev–Trinajstić information content (AvgIpc) is 3.24. The Labute approximate surface area is 148 Å². The number of furan rings is 1. The first-order valence-electron chi connectivity index (χ1n) is 9.12. The van der Waals surface area contributed by atoms with Gasteiger partial charge in [0.1, 0.15) is 0 Å². The molecule has 2 aromatic heterocycles. The molecule has 0 N–H and O–H groups in total. The molecule has 0 radical (unpaired) electrons. The van der Waals surface area contributed by atoms with Gasteiger partial charge in [-0.2, -0.15) is 0 Å². The van der Waals surface area contributed by atoms with E-state index in [1.165, 1.54) is 0 Å². The lowest BCUT2D eigenvalue weighted by atomic mass is 10.1. The fourth-order valence-corrected chi connectivity index (χ4v) is 3.30. The van der Waals surface area contributed by atoms with Gasteiger partial charge in [0, 0.05) is 44.4 Å². The predicted molar refractivity (Wildman–Crippen MR) is 94.2 cm³/mol. The van der Waals surface area contributed by atoms with E-state index >= 15 is 0 Å². The average molecular weight is 348 g/mol. The molecule has 0 spiro atoms. The van der Waals surface area contributed by atoms with Crippen LogP contribution in [0, 0.1) is 6.92 Å². The van der Waals surface area contributed by atoms with Gasteiger partial charge in [-0.1, -0.05) is 6.92 Å². The maximum absolute atomic E-state index is 5.80. The van der Waals surface area contributed by atoms with Crippen LogP contribution in [0.2, 0.25) is 0 Å². The highest BCUT2D eigenvalue weighted by Crippen LogP contribution is 2.23. The smallest absolute Gasteiger partial charge is 0.283 e. The third kappa shape index (κ3) is 4.48. The molecule has 0 aliphatic carbocycles. The third-order valence-electron chi connectivity index (χ3n) is 4.77. The first-order valence-corrected chi connectivity index (χ1v) is 9.12. The van der Waals surface area contributed by atoms with Gasteiger partial charge >= 0.3 is 0 Å². The molecule has 7 nitrogen and oxygen atoms in total. The van der Waals surface area contributed by atoms with Crippen LogP contribution in [0.3, 0.4) is 0 Å². The van der Waals surface area contributed by atoms with Gasteiger partial charge in [0.25, 0.3) is 5.89 Å². The van der Waals surface area contributed by atoms with Crippen molar-refractivity contribution in [3.8, 4) is 11.7 Å². The highest BCUT2D eigenvalue weighted by Gasteiger charge is 2.26. The first-order chi connectivity index (χ1) is 12.2. The Morgan fingerprint density at radius 2 is 2.16 bits per heavy atom. The zero-order chi connectivity index (χ0) is 17.6. The van der Waals surface area contributed by atoms with Crippen LogP contribution >= 0.6 is 0 Å². The van der Waals surface area contributed by atoms with Gasteiger partial charge in [-0.3, -0.25) is 9.80 Å². The van der Waals surface area contributed by atoms with E-state index in [1.54, 1.807) is 6.26 Å². The Morgan fingerprint density at radius 1 is 1.28 bits per heavy atom. The maximum atomic E-state index is 5.80. The van der Waals surface area contributed by atoms with Gasteiger partial charge in [0.2, 0.25) is 5.89 Å². The Bertz CT molecular complexity index is 654. The lowest BCUT2D eigenvalue weighted by molar-refractivity contribution is 0.0357. The molecule has 7 heteroatoms. The SMILES string of the molecule is CCOCCN1CCN(Cc2nnc(-c3occc3C)o2)CC1CC. The van der Waals surface area contributed by atoms with Crippen molar-refractivity contribution in [2.75, 3.05) is 39.4 Å². The summed E-state index contributed by atoms with van der Waals surface area (Å²) in [6, 6.07) is 2.44. The molecule has 1 aliphatic heterocycles. The van der Waals surface area contributed by atoms with Gasteiger partial charge in [-0.25, -0.2) is 0 Å². The van der Waals surface area contributed by atoms with Crippen LogP contribution in [0.15, 0.2) is 21.2 Å². The van der Waals surface area contributed by atoms with Crippen LogP contribution in [0.5, 0.6) is 0 Å². The highest BCUT2D eigenvalue weighted by molar-refractivity contribution is 5.49. The van der Waals surface area contributed by atoms with Crippen molar-refractivity contribution in [1.29, 1.82) is 0 Å². The molecule has 1 fully saturated rings. The molecule has 0 bridgehead atoms. The summed E-state index contributed by atoms with van der Waals surface area (Å²) in [6.45, 7) is 12.6.